The number of phenolic OH excluding ortho intramolecular Hbond substituents is 1. The number of aromatic nitrogens is 2. The van der Waals surface area contributed by atoms with E-state index >= 15 is 0 Å². The molecule has 2 aromatic rings. The predicted octanol–water partition coefficient (Wildman–Crippen LogP) is 2.07. The summed E-state index contributed by atoms with van der Waals surface area (Å²) in [6.45, 7) is 1.22. The normalized spacial score (nSPS) is 10.7. The summed E-state index contributed by atoms with van der Waals surface area (Å²) < 4.78 is 1.76. The van der Waals surface area contributed by atoms with Crippen molar-refractivity contribution in [2.45, 2.75) is 13.1 Å². The van der Waals surface area contributed by atoms with Crippen LogP contribution in [0.15, 0.2) is 30.5 Å². The van der Waals surface area contributed by atoms with Crippen molar-refractivity contribution < 1.29 is 5.11 Å². The molecule has 2 rings (SSSR count). The van der Waals surface area contributed by atoms with Crippen LogP contribution in [0.2, 0.25) is 5.02 Å². The van der Waals surface area contributed by atoms with E-state index in [1.54, 1.807) is 10.7 Å². The first-order valence-corrected chi connectivity index (χ1v) is 5.70. The number of hydrogen-bond acceptors (Lipinski definition) is 3. The molecule has 0 radical (unpaired) electrons. The van der Waals surface area contributed by atoms with Crippen LogP contribution in [0.25, 0.3) is 0 Å². The Morgan fingerprint density at radius 1 is 1.35 bits per heavy atom. The first-order chi connectivity index (χ1) is 8.16. The summed E-state index contributed by atoms with van der Waals surface area (Å²) in [6.07, 6.45) is 1.90. The number of phenols is 1. The predicted molar refractivity (Wildman–Crippen MR) is 66.9 cm³/mol. The molecule has 0 bridgehead atoms. The largest absolute Gasteiger partial charge is 0.506 e. The number of nitrogens with one attached hydrogen (secondary N) is 1. The topological polar surface area (TPSA) is 50.1 Å². The quantitative estimate of drug-likeness (QED) is 0.875. The smallest absolute Gasteiger partial charge is 0.138 e. The van der Waals surface area contributed by atoms with Crippen molar-refractivity contribution in [1.82, 2.24) is 15.1 Å². The zero-order valence-corrected chi connectivity index (χ0v) is 10.3. The molecular weight excluding hydrogens is 238 g/mol. The van der Waals surface area contributed by atoms with Gasteiger partial charge in [0.25, 0.3) is 0 Å². The summed E-state index contributed by atoms with van der Waals surface area (Å²) in [5, 5.41) is 17.5. The molecule has 0 amide bonds. The minimum absolute atomic E-state index is 0.141. The number of aromatic hydroxyl groups is 1. The standard InChI is InChI=1S/C12H14ClN3O/c1-16-6-5-10(15-16)8-14-7-9-3-2-4-11(13)12(9)17/h2-6,14,17H,7-8H2,1H3. The van der Waals surface area contributed by atoms with E-state index in [9.17, 15) is 5.11 Å². The molecule has 0 saturated heterocycles. The third-order valence-electron chi connectivity index (χ3n) is 2.46. The van der Waals surface area contributed by atoms with Crippen LogP contribution in [0.1, 0.15) is 11.3 Å². The van der Waals surface area contributed by atoms with Gasteiger partial charge in [0.1, 0.15) is 5.75 Å². The van der Waals surface area contributed by atoms with E-state index in [2.05, 4.69) is 10.4 Å². The van der Waals surface area contributed by atoms with Crippen molar-refractivity contribution in [2.24, 2.45) is 7.05 Å². The van der Waals surface area contributed by atoms with E-state index in [0.717, 1.165) is 11.3 Å². The lowest BCUT2D eigenvalue weighted by atomic mass is 10.2. The molecule has 17 heavy (non-hydrogen) atoms. The van der Waals surface area contributed by atoms with E-state index in [-0.39, 0.29) is 5.75 Å². The summed E-state index contributed by atoms with van der Waals surface area (Å²) in [5.74, 6) is 0.141. The Morgan fingerprint density at radius 2 is 2.18 bits per heavy atom. The second-order valence-corrected chi connectivity index (χ2v) is 4.24. The first kappa shape index (κ1) is 12.0. The van der Waals surface area contributed by atoms with Crippen molar-refractivity contribution in [3.63, 3.8) is 0 Å². The maximum Gasteiger partial charge on any atom is 0.138 e. The van der Waals surface area contributed by atoms with Gasteiger partial charge in [0, 0.05) is 31.9 Å². The van der Waals surface area contributed by atoms with E-state index in [4.69, 9.17) is 11.6 Å². The van der Waals surface area contributed by atoms with E-state index in [0.29, 0.717) is 18.1 Å². The highest BCUT2D eigenvalue weighted by atomic mass is 35.5. The number of benzene rings is 1. The van der Waals surface area contributed by atoms with Gasteiger partial charge < -0.3 is 10.4 Å². The molecule has 0 unspecified atom stereocenters. The molecule has 1 aromatic heterocycles. The third kappa shape index (κ3) is 2.99. The van der Waals surface area contributed by atoms with E-state index < -0.39 is 0 Å². The Labute approximate surface area is 105 Å². The van der Waals surface area contributed by atoms with Crippen LogP contribution in [0.5, 0.6) is 5.75 Å². The number of para-hydroxylation sites is 1. The molecule has 0 aliphatic heterocycles. The lowest BCUT2D eigenvalue weighted by Gasteiger charge is -2.06. The minimum atomic E-state index is 0.141. The molecule has 0 spiro atoms. The van der Waals surface area contributed by atoms with E-state index in [1.807, 2.05) is 31.4 Å². The average molecular weight is 252 g/mol. The van der Waals surface area contributed by atoms with Crippen LogP contribution in [0.4, 0.5) is 0 Å². The van der Waals surface area contributed by atoms with Crippen molar-refractivity contribution in [3.8, 4) is 5.75 Å². The average Bonchev–Trinajstić information content (AvgIpc) is 2.70. The fourth-order valence-electron chi connectivity index (χ4n) is 1.59. The Hall–Kier alpha value is -1.52. The molecule has 0 fully saturated rings. The van der Waals surface area contributed by atoms with Gasteiger partial charge in [-0.2, -0.15) is 5.10 Å². The number of aryl methyl sites for hydroxylation is 1. The maximum atomic E-state index is 9.71. The van der Waals surface area contributed by atoms with Gasteiger partial charge in [0.05, 0.1) is 10.7 Å². The van der Waals surface area contributed by atoms with Gasteiger partial charge >= 0.3 is 0 Å². The minimum Gasteiger partial charge on any atom is -0.506 e. The van der Waals surface area contributed by atoms with Crippen molar-refractivity contribution in [1.29, 1.82) is 0 Å². The molecule has 5 heteroatoms. The molecule has 0 atom stereocenters. The SMILES string of the molecule is Cn1ccc(CNCc2cccc(Cl)c2O)n1. The molecular formula is C12H14ClN3O. The lowest BCUT2D eigenvalue weighted by Crippen LogP contribution is -2.13. The van der Waals surface area contributed by atoms with Gasteiger partial charge in [0.2, 0.25) is 0 Å². The summed E-state index contributed by atoms with van der Waals surface area (Å²) >= 11 is 5.82. The summed E-state index contributed by atoms with van der Waals surface area (Å²) in [7, 11) is 1.88. The fraction of sp³-hybridized carbons (Fsp3) is 0.250. The molecule has 2 N–H and O–H groups in total. The van der Waals surface area contributed by atoms with Gasteiger partial charge in [-0.05, 0) is 12.1 Å². The molecule has 0 aliphatic carbocycles. The van der Waals surface area contributed by atoms with Gasteiger partial charge in [-0.25, -0.2) is 0 Å². The summed E-state index contributed by atoms with van der Waals surface area (Å²) in [6, 6.07) is 7.27. The number of hydrogen-bond donors (Lipinski definition) is 2. The highest BCUT2D eigenvalue weighted by Gasteiger charge is 2.04. The Balaban J connectivity index is 1.92. The monoisotopic (exact) mass is 251 g/mol. The van der Waals surface area contributed by atoms with Gasteiger partial charge in [-0.1, -0.05) is 23.7 Å². The van der Waals surface area contributed by atoms with Crippen LogP contribution < -0.4 is 5.32 Å². The highest BCUT2D eigenvalue weighted by Crippen LogP contribution is 2.26. The number of nitrogens with zero attached hydrogens (tertiary/aromatic N) is 2. The van der Waals surface area contributed by atoms with Crippen molar-refractivity contribution in [3.05, 3.63) is 46.7 Å². The van der Waals surface area contributed by atoms with Crippen LogP contribution in [-0.4, -0.2) is 14.9 Å². The van der Waals surface area contributed by atoms with Crippen LogP contribution in [-0.2, 0) is 20.1 Å². The summed E-state index contributed by atoms with van der Waals surface area (Å²) in [5.41, 5.74) is 1.75. The van der Waals surface area contributed by atoms with E-state index in [1.165, 1.54) is 0 Å². The zero-order valence-electron chi connectivity index (χ0n) is 9.52. The van der Waals surface area contributed by atoms with Crippen LogP contribution in [0.3, 0.4) is 0 Å². The highest BCUT2D eigenvalue weighted by molar-refractivity contribution is 6.32. The van der Waals surface area contributed by atoms with Gasteiger partial charge in [0.15, 0.2) is 0 Å². The Bertz CT molecular complexity index is 510. The molecule has 0 aliphatic rings. The maximum absolute atomic E-state index is 9.71. The molecule has 90 valence electrons. The van der Waals surface area contributed by atoms with Crippen molar-refractivity contribution >= 4 is 11.6 Å². The van der Waals surface area contributed by atoms with Gasteiger partial charge in [-0.15, -0.1) is 0 Å². The summed E-state index contributed by atoms with van der Waals surface area (Å²) in [4.78, 5) is 0. The van der Waals surface area contributed by atoms with Crippen molar-refractivity contribution in [2.75, 3.05) is 0 Å². The molecule has 0 saturated carbocycles. The van der Waals surface area contributed by atoms with Crippen LogP contribution >= 0.6 is 11.6 Å². The van der Waals surface area contributed by atoms with Crippen LogP contribution in [0, 0.1) is 0 Å². The second-order valence-electron chi connectivity index (χ2n) is 3.83. The Kier molecular flexibility index (Phi) is 3.66. The molecule has 1 aromatic carbocycles. The second kappa shape index (κ2) is 5.21. The third-order valence-corrected chi connectivity index (χ3v) is 2.77. The Morgan fingerprint density at radius 3 is 2.88 bits per heavy atom. The first-order valence-electron chi connectivity index (χ1n) is 5.32. The van der Waals surface area contributed by atoms with Gasteiger partial charge in [-0.3, -0.25) is 4.68 Å². The molecule has 1 heterocycles. The number of halogens is 1. The lowest BCUT2D eigenvalue weighted by molar-refractivity contribution is 0.464. The number of rotatable bonds is 4. The fourth-order valence-corrected chi connectivity index (χ4v) is 1.78. The zero-order chi connectivity index (χ0) is 12.3. The molecule has 4 nitrogen and oxygen atoms in total.